The lowest BCUT2D eigenvalue weighted by Crippen LogP contribution is -1.63. The van der Waals surface area contributed by atoms with Gasteiger partial charge in [-0.1, -0.05) is 72.8 Å². The van der Waals surface area contributed by atoms with Crippen molar-refractivity contribution in [3.63, 3.8) is 0 Å². The highest BCUT2D eigenvalue weighted by Gasteiger charge is 1.85. The van der Waals surface area contributed by atoms with E-state index in [1.54, 1.807) is 0 Å². The van der Waals surface area contributed by atoms with Crippen molar-refractivity contribution in [2.45, 2.75) is 0 Å². The first-order chi connectivity index (χ1) is 14.9. The highest BCUT2D eigenvalue weighted by molar-refractivity contribution is 5.79. The van der Waals surface area contributed by atoms with Crippen molar-refractivity contribution in [1.82, 2.24) is 0 Å². The largest absolute Gasteiger partial charge is 0.0609 e. The first-order valence-corrected chi connectivity index (χ1v) is 9.23. The zero-order valence-corrected chi connectivity index (χ0v) is 15.9. The minimum atomic E-state index is 0.821. The number of benzene rings is 3. The fourth-order valence-corrected chi connectivity index (χ4v) is 2.69. The molecule has 0 N–H and O–H groups in total. The maximum absolute atomic E-state index is 3.08. The number of fused-ring (bicyclic) bond motifs is 3. The van der Waals surface area contributed by atoms with E-state index in [0.29, 0.717) is 0 Å². The molecule has 0 saturated heterocycles. The summed E-state index contributed by atoms with van der Waals surface area (Å²) in [6.07, 6.45) is 0. The second kappa shape index (κ2) is 9.29. The van der Waals surface area contributed by atoms with Gasteiger partial charge < -0.3 is 0 Å². The van der Waals surface area contributed by atoms with Crippen molar-refractivity contribution in [3.8, 4) is 0 Å². The van der Waals surface area contributed by atoms with Gasteiger partial charge in [0.25, 0.3) is 0 Å². The van der Waals surface area contributed by atoms with Crippen LogP contribution in [0.1, 0.15) is 0 Å². The molecule has 4 rings (SSSR count). The SMILES string of the molecule is c1c#cc2ccccc2c#cc#cc2ccccc2c#cc#cc2ccccc2c#1. The van der Waals surface area contributed by atoms with Gasteiger partial charge in [-0.25, -0.2) is 0 Å². The van der Waals surface area contributed by atoms with Gasteiger partial charge in [-0.2, -0.15) is 0 Å². The van der Waals surface area contributed by atoms with Crippen LogP contribution >= 0.6 is 0 Å². The van der Waals surface area contributed by atoms with Crippen LogP contribution in [0.4, 0.5) is 0 Å². The molecule has 0 saturated carbocycles. The van der Waals surface area contributed by atoms with Crippen molar-refractivity contribution < 1.29 is 0 Å². The predicted molar refractivity (Wildman–Crippen MR) is 118 cm³/mol. The Morgan fingerprint density at radius 3 is 0.600 bits per heavy atom. The molecule has 0 bridgehead atoms. The molecule has 0 heteroatoms. The zero-order valence-electron chi connectivity index (χ0n) is 15.9. The Labute approximate surface area is 178 Å². The van der Waals surface area contributed by atoms with Crippen LogP contribution in [0.5, 0.6) is 0 Å². The van der Waals surface area contributed by atoms with Gasteiger partial charge in [0.1, 0.15) is 0 Å². The van der Waals surface area contributed by atoms with Gasteiger partial charge in [-0.3, -0.25) is 0 Å². The Kier molecular flexibility index (Phi) is 5.69. The molecule has 30 heavy (non-hydrogen) atoms. The summed E-state index contributed by atoms with van der Waals surface area (Å²) in [4.78, 5) is 0. The van der Waals surface area contributed by atoms with E-state index in [1.807, 2.05) is 72.8 Å². The first-order valence-electron chi connectivity index (χ1n) is 9.23. The van der Waals surface area contributed by atoms with E-state index < -0.39 is 0 Å². The van der Waals surface area contributed by atoms with Crippen LogP contribution < -0.4 is 0 Å². The summed E-state index contributed by atoms with van der Waals surface area (Å²) in [6, 6.07) is 59.1. The maximum atomic E-state index is 3.08. The fourth-order valence-electron chi connectivity index (χ4n) is 2.69. The van der Waals surface area contributed by atoms with E-state index in [9.17, 15) is 0 Å². The van der Waals surface area contributed by atoms with E-state index in [4.69, 9.17) is 0 Å². The molecule has 132 valence electrons. The second-order valence-corrected chi connectivity index (χ2v) is 6.14. The minimum absolute atomic E-state index is 0.821. The smallest absolute Gasteiger partial charge is 0.0412 e. The molecule has 0 atom stereocenters. The maximum Gasteiger partial charge on any atom is 0.0412 e. The molecule has 0 aliphatic rings. The standard InChI is InChI=1S/C30H12/c1-2-14-26-20-9-10-22-28-16-5-6-18-30(28)24-12-11-23-29-17-4-3-15-27(29)21-8-7-19-25(26)13-1/h1-6,13-18H. The van der Waals surface area contributed by atoms with Crippen molar-refractivity contribution in [1.29, 1.82) is 0 Å². The Bertz CT molecular complexity index is 1070. The van der Waals surface area contributed by atoms with Crippen LogP contribution in [0.3, 0.4) is 0 Å². The summed E-state index contributed by atoms with van der Waals surface area (Å²) in [5.41, 5.74) is 0. The average Bonchev–Trinajstić information content (AvgIpc) is 2.79. The van der Waals surface area contributed by atoms with Crippen LogP contribution in [0.25, 0.3) is 32.3 Å². The number of rotatable bonds is 0. The van der Waals surface area contributed by atoms with Crippen LogP contribution in [-0.4, -0.2) is 0 Å². The highest BCUT2D eigenvalue weighted by Crippen LogP contribution is 2.06. The zero-order chi connectivity index (χ0) is 20.4. The molecular formula is C30H12. The van der Waals surface area contributed by atoms with Gasteiger partial charge in [0.05, 0.1) is 0 Å². The molecule has 0 aromatic heterocycles. The molecule has 0 amide bonds. The van der Waals surface area contributed by atoms with E-state index in [-0.39, 0.29) is 0 Å². The molecule has 0 spiro atoms. The van der Waals surface area contributed by atoms with Crippen LogP contribution in [0, 0.1) is 72.8 Å². The van der Waals surface area contributed by atoms with E-state index in [2.05, 4.69) is 72.8 Å². The van der Waals surface area contributed by atoms with E-state index in [1.165, 1.54) is 0 Å². The molecule has 0 aliphatic heterocycles. The third kappa shape index (κ3) is 4.65. The molecule has 0 unspecified atom stereocenters. The lowest BCUT2D eigenvalue weighted by atomic mass is 10.2. The molecule has 0 radical (unpaired) electrons. The van der Waals surface area contributed by atoms with Crippen LogP contribution in [-0.2, 0) is 0 Å². The minimum Gasteiger partial charge on any atom is -0.0609 e. The van der Waals surface area contributed by atoms with Crippen molar-refractivity contribution in [2.75, 3.05) is 0 Å². The molecule has 0 fully saturated rings. The fraction of sp³-hybridized carbons (Fsp3) is 0. The average molecular weight is 372 g/mol. The molecule has 0 nitrogen and oxygen atoms in total. The van der Waals surface area contributed by atoms with Crippen LogP contribution in [0.15, 0.2) is 72.8 Å². The van der Waals surface area contributed by atoms with Gasteiger partial charge in [0, 0.05) is 32.3 Å². The van der Waals surface area contributed by atoms with Gasteiger partial charge in [-0.15, -0.1) is 0 Å². The Balaban J connectivity index is 2.01. The topological polar surface area (TPSA) is 0 Å². The third-order valence-electron chi connectivity index (χ3n) is 4.15. The lowest BCUT2D eigenvalue weighted by molar-refractivity contribution is 1.79. The van der Waals surface area contributed by atoms with Gasteiger partial charge >= 0.3 is 0 Å². The van der Waals surface area contributed by atoms with Gasteiger partial charge in [-0.05, 0) is 72.8 Å². The first kappa shape index (κ1) is 18.4. The second-order valence-electron chi connectivity index (χ2n) is 6.14. The third-order valence-corrected chi connectivity index (χ3v) is 4.15. The quantitative estimate of drug-likeness (QED) is 0.349. The Morgan fingerprint density at radius 1 is 0.267 bits per heavy atom. The summed E-state index contributed by atoms with van der Waals surface area (Å²) < 4.78 is 0. The van der Waals surface area contributed by atoms with Crippen molar-refractivity contribution in [2.24, 2.45) is 0 Å². The van der Waals surface area contributed by atoms with Crippen LogP contribution in [0.2, 0.25) is 0 Å². The summed E-state index contributed by atoms with van der Waals surface area (Å²) >= 11 is 0. The Morgan fingerprint density at radius 2 is 0.433 bits per heavy atom. The van der Waals surface area contributed by atoms with Gasteiger partial charge in [0.15, 0.2) is 0 Å². The molecular weight excluding hydrogens is 360 g/mol. The van der Waals surface area contributed by atoms with Crippen molar-refractivity contribution in [3.05, 3.63) is 146 Å². The highest BCUT2D eigenvalue weighted by atomic mass is 13.9. The summed E-state index contributed by atoms with van der Waals surface area (Å²) in [7, 11) is 0. The normalized spacial score (nSPS) is 8.40. The molecule has 0 heterocycles. The molecule has 4 aromatic rings. The number of hydrogen-bond acceptors (Lipinski definition) is 0. The van der Waals surface area contributed by atoms with E-state index >= 15 is 0 Å². The summed E-state index contributed by atoms with van der Waals surface area (Å²) in [6.45, 7) is 0. The predicted octanol–water partition coefficient (Wildman–Crippen LogP) is 6.12. The summed E-state index contributed by atoms with van der Waals surface area (Å²) in [5.74, 6) is 0. The molecule has 4 aromatic carbocycles. The van der Waals surface area contributed by atoms with Gasteiger partial charge in [0.2, 0.25) is 0 Å². The van der Waals surface area contributed by atoms with E-state index in [0.717, 1.165) is 32.3 Å². The Hall–Kier alpha value is -4.98. The lowest BCUT2D eigenvalue weighted by Gasteiger charge is -1.84. The summed E-state index contributed by atoms with van der Waals surface area (Å²) in [5, 5.41) is 4.93. The monoisotopic (exact) mass is 372 g/mol. The number of hydrogen-bond donors (Lipinski definition) is 0. The van der Waals surface area contributed by atoms with Crippen molar-refractivity contribution >= 4 is 32.3 Å². The molecule has 0 aliphatic carbocycles.